The zero-order chi connectivity index (χ0) is 15.0. The molecule has 0 aliphatic carbocycles. The minimum Gasteiger partial charge on any atom is -0.360 e. The molecule has 2 aromatic carbocycles. The molecule has 3 rings (SSSR count). The van der Waals surface area contributed by atoms with Crippen LogP contribution in [0.1, 0.15) is 15.9 Å². The number of rotatable bonds is 3. The molecule has 0 amide bonds. The number of nitro groups is 1. The number of carbonyl (C=O) groups is 1. The number of halogens is 1. The number of benzene rings is 2. The summed E-state index contributed by atoms with van der Waals surface area (Å²) in [7, 11) is 0. The summed E-state index contributed by atoms with van der Waals surface area (Å²) in [6.07, 6.45) is 1.59. The van der Waals surface area contributed by atoms with Crippen molar-refractivity contribution >= 4 is 45.0 Å². The number of carbonyl (C=O) groups excluding carboxylic acids is 1. The van der Waals surface area contributed by atoms with Gasteiger partial charge in [0.15, 0.2) is 5.78 Å². The van der Waals surface area contributed by atoms with Crippen LogP contribution in [0.5, 0.6) is 0 Å². The first-order valence-corrected chi connectivity index (χ1v) is 7.20. The van der Waals surface area contributed by atoms with Gasteiger partial charge in [-0.1, -0.05) is 0 Å². The standard InChI is InChI=1S/C15H9IN2O3/c16-10-3-1-9(2-4-10)15(19)13-8-17-14-7-11(18(20)21)5-6-12(13)14/h1-8,17H. The first kappa shape index (κ1) is 13.7. The SMILES string of the molecule is O=C(c1ccc(I)cc1)c1c[nH]c2cc([N+](=O)[O-])ccc12. The van der Waals surface area contributed by atoms with Gasteiger partial charge in [0.1, 0.15) is 0 Å². The predicted octanol–water partition coefficient (Wildman–Crippen LogP) is 3.91. The lowest BCUT2D eigenvalue weighted by Gasteiger charge is -2.00. The van der Waals surface area contributed by atoms with E-state index in [4.69, 9.17) is 0 Å². The Hall–Kier alpha value is -2.22. The van der Waals surface area contributed by atoms with E-state index in [1.807, 2.05) is 12.1 Å². The van der Waals surface area contributed by atoms with Gasteiger partial charge in [0.25, 0.3) is 5.69 Å². The summed E-state index contributed by atoms with van der Waals surface area (Å²) in [5, 5.41) is 11.4. The van der Waals surface area contributed by atoms with Crippen molar-refractivity contribution in [2.24, 2.45) is 0 Å². The maximum absolute atomic E-state index is 12.5. The lowest BCUT2D eigenvalue weighted by atomic mass is 10.0. The van der Waals surface area contributed by atoms with E-state index in [1.54, 1.807) is 24.4 Å². The van der Waals surface area contributed by atoms with Crippen LogP contribution in [0, 0.1) is 13.7 Å². The van der Waals surface area contributed by atoms with Crippen LogP contribution >= 0.6 is 22.6 Å². The summed E-state index contributed by atoms with van der Waals surface area (Å²) in [6, 6.07) is 11.7. The number of aromatic nitrogens is 1. The molecule has 1 N–H and O–H groups in total. The van der Waals surface area contributed by atoms with Gasteiger partial charge in [0, 0.05) is 38.4 Å². The van der Waals surface area contributed by atoms with Gasteiger partial charge in [-0.2, -0.15) is 0 Å². The average molecular weight is 392 g/mol. The second-order valence-electron chi connectivity index (χ2n) is 4.53. The molecule has 0 unspecified atom stereocenters. The normalized spacial score (nSPS) is 10.7. The first-order valence-electron chi connectivity index (χ1n) is 6.12. The summed E-state index contributed by atoms with van der Waals surface area (Å²) < 4.78 is 1.05. The zero-order valence-corrected chi connectivity index (χ0v) is 12.8. The van der Waals surface area contributed by atoms with E-state index < -0.39 is 4.92 Å². The quantitative estimate of drug-likeness (QED) is 0.318. The number of hydrogen-bond acceptors (Lipinski definition) is 3. The molecule has 1 aromatic heterocycles. The number of H-pyrrole nitrogens is 1. The van der Waals surface area contributed by atoms with E-state index in [9.17, 15) is 14.9 Å². The maximum Gasteiger partial charge on any atom is 0.271 e. The highest BCUT2D eigenvalue weighted by Gasteiger charge is 2.16. The average Bonchev–Trinajstić information content (AvgIpc) is 2.90. The fraction of sp³-hybridized carbons (Fsp3) is 0. The van der Waals surface area contributed by atoms with Crippen LogP contribution in [0.15, 0.2) is 48.7 Å². The van der Waals surface area contributed by atoms with Crippen LogP contribution in [0.25, 0.3) is 10.9 Å². The molecule has 5 nitrogen and oxygen atoms in total. The largest absolute Gasteiger partial charge is 0.360 e. The van der Waals surface area contributed by atoms with Gasteiger partial charge >= 0.3 is 0 Å². The number of aromatic amines is 1. The van der Waals surface area contributed by atoms with Gasteiger partial charge < -0.3 is 4.98 Å². The van der Waals surface area contributed by atoms with Crippen molar-refractivity contribution < 1.29 is 9.72 Å². The Morgan fingerprint density at radius 1 is 1.14 bits per heavy atom. The van der Waals surface area contributed by atoms with Crippen molar-refractivity contribution in [2.45, 2.75) is 0 Å². The van der Waals surface area contributed by atoms with Crippen molar-refractivity contribution in [1.82, 2.24) is 4.98 Å². The summed E-state index contributed by atoms with van der Waals surface area (Å²) in [6.45, 7) is 0. The highest BCUT2D eigenvalue weighted by Crippen LogP contribution is 2.25. The van der Waals surface area contributed by atoms with Crippen molar-refractivity contribution in [3.05, 3.63) is 73.5 Å². The number of hydrogen-bond donors (Lipinski definition) is 1. The third-order valence-electron chi connectivity index (χ3n) is 3.23. The molecule has 0 atom stereocenters. The zero-order valence-electron chi connectivity index (χ0n) is 10.7. The number of fused-ring (bicyclic) bond motifs is 1. The Balaban J connectivity index is 2.06. The number of nitro benzene ring substituents is 1. The summed E-state index contributed by atoms with van der Waals surface area (Å²) in [5.74, 6) is -0.105. The van der Waals surface area contributed by atoms with Crippen LogP contribution in [-0.2, 0) is 0 Å². The lowest BCUT2D eigenvalue weighted by molar-refractivity contribution is -0.384. The van der Waals surface area contributed by atoms with E-state index in [0.29, 0.717) is 22.0 Å². The van der Waals surface area contributed by atoms with Gasteiger partial charge in [-0.3, -0.25) is 14.9 Å². The molecule has 0 saturated heterocycles. The second-order valence-corrected chi connectivity index (χ2v) is 5.77. The van der Waals surface area contributed by atoms with E-state index in [0.717, 1.165) is 3.57 Å². The van der Waals surface area contributed by atoms with Crippen LogP contribution in [0.2, 0.25) is 0 Å². The van der Waals surface area contributed by atoms with Gasteiger partial charge in [0.05, 0.1) is 10.4 Å². The Bertz CT molecular complexity index is 853. The molecule has 21 heavy (non-hydrogen) atoms. The highest BCUT2D eigenvalue weighted by atomic mass is 127. The predicted molar refractivity (Wildman–Crippen MR) is 87.5 cm³/mol. The summed E-state index contributed by atoms with van der Waals surface area (Å²) >= 11 is 2.18. The Kier molecular flexibility index (Phi) is 3.46. The Labute approximate surface area is 133 Å². The third-order valence-corrected chi connectivity index (χ3v) is 3.95. The minimum absolute atomic E-state index is 0.00221. The molecule has 0 aliphatic rings. The fourth-order valence-corrected chi connectivity index (χ4v) is 2.53. The number of nitrogens with zero attached hydrogens (tertiary/aromatic N) is 1. The van der Waals surface area contributed by atoms with Gasteiger partial charge in [-0.15, -0.1) is 0 Å². The Morgan fingerprint density at radius 2 is 1.86 bits per heavy atom. The smallest absolute Gasteiger partial charge is 0.271 e. The molecular weight excluding hydrogens is 383 g/mol. The van der Waals surface area contributed by atoms with Crippen molar-refractivity contribution in [3.8, 4) is 0 Å². The molecule has 104 valence electrons. The van der Waals surface area contributed by atoms with Crippen molar-refractivity contribution in [3.63, 3.8) is 0 Å². The molecule has 0 bridgehead atoms. The number of ketones is 1. The minimum atomic E-state index is -0.457. The topological polar surface area (TPSA) is 76.0 Å². The van der Waals surface area contributed by atoms with Crippen LogP contribution in [0.3, 0.4) is 0 Å². The second kappa shape index (κ2) is 5.28. The van der Waals surface area contributed by atoms with E-state index >= 15 is 0 Å². The molecule has 0 radical (unpaired) electrons. The van der Waals surface area contributed by atoms with Gasteiger partial charge in [-0.25, -0.2) is 0 Å². The fourth-order valence-electron chi connectivity index (χ4n) is 2.17. The van der Waals surface area contributed by atoms with Crippen LogP contribution in [-0.4, -0.2) is 15.7 Å². The molecular formula is C15H9IN2O3. The summed E-state index contributed by atoms with van der Waals surface area (Å²) in [5.41, 5.74) is 1.69. The third kappa shape index (κ3) is 2.54. The molecule has 6 heteroatoms. The lowest BCUT2D eigenvalue weighted by Crippen LogP contribution is -2.00. The van der Waals surface area contributed by atoms with Crippen LogP contribution in [0.4, 0.5) is 5.69 Å². The van der Waals surface area contributed by atoms with E-state index in [-0.39, 0.29) is 11.5 Å². The van der Waals surface area contributed by atoms with E-state index in [2.05, 4.69) is 27.6 Å². The monoisotopic (exact) mass is 392 g/mol. The highest BCUT2D eigenvalue weighted by molar-refractivity contribution is 14.1. The summed E-state index contributed by atoms with van der Waals surface area (Å²) in [4.78, 5) is 25.7. The van der Waals surface area contributed by atoms with Crippen molar-refractivity contribution in [2.75, 3.05) is 0 Å². The van der Waals surface area contributed by atoms with E-state index in [1.165, 1.54) is 12.1 Å². The first-order chi connectivity index (χ1) is 10.1. The van der Waals surface area contributed by atoms with Gasteiger partial charge in [-0.05, 0) is 52.9 Å². The van der Waals surface area contributed by atoms with Crippen LogP contribution < -0.4 is 0 Å². The maximum atomic E-state index is 12.5. The van der Waals surface area contributed by atoms with Gasteiger partial charge in [0.2, 0.25) is 0 Å². The molecule has 1 heterocycles. The molecule has 0 fully saturated rings. The molecule has 3 aromatic rings. The molecule has 0 aliphatic heterocycles. The van der Waals surface area contributed by atoms with Crippen molar-refractivity contribution in [1.29, 1.82) is 0 Å². The molecule has 0 saturated carbocycles. The number of nitrogens with one attached hydrogen (secondary N) is 1. The number of non-ortho nitro benzene ring substituents is 1. The molecule has 0 spiro atoms. The Morgan fingerprint density at radius 3 is 2.52 bits per heavy atom.